The van der Waals surface area contributed by atoms with Crippen molar-refractivity contribution in [2.45, 2.75) is 44.3 Å². The van der Waals surface area contributed by atoms with E-state index in [0.717, 1.165) is 25.1 Å². The molecule has 1 aromatic rings. The summed E-state index contributed by atoms with van der Waals surface area (Å²) in [7, 11) is 0. The molecule has 4 nitrogen and oxygen atoms in total. The number of carbonyl (C=O) groups excluding carboxylic acids is 1. The van der Waals surface area contributed by atoms with Crippen molar-refractivity contribution in [2.75, 3.05) is 6.54 Å². The van der Waals surface area contributed by atoms with Crippen LogP contribution >= 0.6 is 0 Å². The fraction of sp³-hybridized carbons (Fsp3) is 0.571. The molecule has 1 aromatic heterocycles. The Hall–Kier alpha value is -1.42. The number of rotatable bonds is 3. The number of hydrogen-bond acceptors (Lipinski definition) is 3. The number of pyridine rings is 1. The summed E-state index contributed by atoms with van der Waals surface area (Å²) in [6.45, 7) is 3.06. The summed E-state index contributed by atoms with van der Waals surface area (Å²) >= 11 is 0. The van der Waals surface area contributed by atoms with E-state index in [0.29, 0.717) is 18.4 Å². The second-order valence-corrected chi connectivity index (χ2v) is 5.25. The van der Waals surface area contributed by atoms with Gasteiger partial charge in [-0.05, 0) is 31.9 Å². The van der Waals surface area contributed by atoms with E-state index in [4.69, 9.17) is 0 Å². The van der Waals surface area contributed by atoms with Crippen molar-refractivity contribution < 1.29 is 4.79 Å². The maximum Gasteiger partial charge on any atom is 0.224 e. The Morgan fingerprint density at radius 1 is 1.50 bits per heavy atom. The average molecular weight is 245 g/mol. The van der Waals surface area contributed by atoms with E-state index in [1.807, 2.05) is 29.3 Å². The minimum absolute atomic E-state index is 0.199. The van der Waals surface area contributed by atoms with Gasteiger partial charge < -0.3 is 10.2 Å². The van der Waals surface area contributed by atoms with Gasteiger partial charge in [0.15, 0.2) is 0 Å². The second-order valence-electron chi connectivity index (χ2n) is 5.25. The van der Waals surface area contributed by atoms with Gasteiger partial charge in [-0.3, -0.25) is 9.78 Å². The normalized spacial score (nSPS) is 28.5. The zero-order valence-corrected chi connectivity index (χ0v) is 10.7. The van der Waals surface area contributed by atoms with Gasteiger partial charge in [0, 0.05) is 37.3 Å². The van der Waals surface area contributed by atoms with Gasteiger partial charge in [0.05, 0.1) is 5.69 Å². The lowest BCUT2D eigenvalue weighted by atomic mass is 10.0. The summed E-state index contributed by atoms with van der Waals surface area (Å²) in [5.41, 5.74) is 1.04. The van der Waals surface area contributed by atoms with E-state index in [2.05, 4.69) is 17.2 Å². The van der Waals surface area contributed by atoms with Gasteiger partial charge in [-0.15, -0.1) is 0 Å². The lowest BCUT2D eigenvalue weighted by Crippen LogP contribution is -2.40. The maximum atomic E-state index is 11.9. The number of nitrogens with one attached hydrogen (secondary N) is 1. The van der Waals surface area contributed by atoms with E-state index in [1.54, 1.807) is 0 Å². The number of nitrogens with zero attached hydrogens (tertiary/aromatic N) is 2. The van der Waals surface area contributed by atoms with Crippen LogP contribution in [0.2, 0.25) is 0 Å². The third-order valence-electron chi connectivity index (χ3n) is 4.07. The van der Waals surface area contributed by atoms with Crippen molar-refractivity contribution in [3.63, 3.8) is 0 Å². The average Bonchev–Trinajstić information content (AvgIpc) is 2.97. The largest absolute Gasteiger partial charge is 0.338 e. The molecule has 0 bridgehead atoms. The Kier molecular flexibility index (Phi) is 3.04. The summed E-state index contributed by atoms with van der Waals surface area (Å²) in [5, 5.41) is 3.57. The molecular formula is C14H19N3O. The fourth-order valence-electron chi connectivity index (χ4n) is 3.17. The van der Waals surface area contributed by atoms with E-state index in [1.165, 1.54) is 0 Å². The fourth-order valence-corrected chi connectivity index (χ4v) is 3.17. The topological polar surface area (TPSA) is 45.2 Å². The second kappa shape index (κ2) is 4.69. The van der Waals surface area contributed by atoms with Gasteiger partial charge in [-0.25, -0.2) is 0 Å². The number of aromatic nitrogens is 1. The molecule has 2 aliphatic rings. The Balaban J connectivity index is 1.68. The SMILES string of the molecule is CC(NC1CC(=O)N2CCCC12)c1ccccn1. The van der Waals surface area contributed by atoms with Crippen LogP contribution in [-0.4, -0.2) is 34.4 Å². The van der Waals surface area contributed by atoms with E-state index in [9.17, 15) is 4.79 Å². The summed E-state index contributed by atoms with van der Waals surface area (Å²) in [6.07, 6.45) is 4.74. The molecule has 3 heterocycles. The molecule has 2 fully saturated rings. The molecule has 0 saturated carbocycles. The molecule has 96 valence electrons. The zero-order valence-electron chi connectivity index (χ0n) is 10.7. The first kappa shape index (κ1) is 11.7. The van der Waals surface area contributed by atoms with Crippen molar-refractivity contribution in [1.29, 1.82) is 0 Å². The minimum Gasteiger partial charge on any atom is -0.338 e. The quantitative estimate of drug-likeness (QED) is 0.877. The molecule has 2 aliphatic heterocycles. The van der Waals surface area contributed by atoms with E-state index in [-0.39, 0.29) is 12.1 Å². The van der Waals surface area contributed by atoms with E-state index >= 15 is 0 Å². The van der Waals surface area contributed by atoms with Crippen LogP contribution in [0.15, 0.2) is 24.4 Å². The van der Waals surface area contributed by atoms with Gasteiger partial charge in [-0.1, -0.05) is 6.07 Å². The lowest BCUT2D eigenvalue weighted by Gasteiger charge is -2.24. The van der Waals surface area contributed by atoms with Crippen molar-refractivity contribution in [3.05, 3.63) is 30.1 Å². The Bertz CT molecular complexity index is 434. The molecule has 18 heavy (non-hydrogen) atoms. The lowest BCUT2D eigenvalue weighted by molar-refractivity contribution is -0.127. The molecule has 4 heteroatoms. The van der Waals surface area contributed by atoms with Gasteiger partial charge in [-0.2, -0.15) is 0 Å². The molecule has 3 unspecified atom stereocenters. The molecule has 0 aliphatic carbocycles. The van der Waals surface area contributed by atoms with Crippen LogP contribution in [0.3, 0.4) is 0 Å². The Morgan fingerprint density at radius 2 is 2.39 bits per heavy atom. The maximum absolute atomic E-state index is 11.9. The minimum atomic E-state index is 0.199. The van der Waals surface area contributed by atoms with Crippen LogP contribution < -0.4 is 5.32 Å². The number of amides is 1. The molecule has 1 amide bonds. The molecular weight excluding hydrogens is 226 g/mol. The molecule has 3 atom stereocenters. The third-order valence-corrected chi connectivity index (χ3v) is 4.07. The van der Waals surface area contributed by atoms with Crippen LogP contribution in [0.4, 0.5) is 0 Å². The predicted octanol–water partition coefficient (Wildman–Crippen LogP) is 1.50. The van der Waals surface area contributed by atoms with Gasteiger partial charge in [0.25, 0.3) is 0 Å². The summed E-state index contributed by atoms with van der Waals surface area (Å²) in [4.78, 5) is 18.3. The number of hydrogen-bond donors (Lipinski definition) is 1. The highest BCUT2D eigenvalue weighted by Gasteiger charge is 2.42. The Morgan fingerprint density at radius 3 is 3.17 bits per heavy atom. The van der Waals surface area contributed by atoms with Crippen LogP contribution in [0.1, 0.15) is 37.9 Å². The molecule has 2 saturated heterocycles. The highest BCUT2D eigenvalue weighted by Crippen LogP contribution is 2.30. The first-order valence-corrected chi connectivity index (χ1v) is 6.72. The van der Waals surface area contributed by atoms with Gasteiger partial charge in [0.1, 0.15) is 0 Å². The number of carbonyl (C=O) groups is 1. The highest BCUT2D eigenvalue weighted by molar-refractivity contribution is 5.80. The van der Waals surface area contributed by atoms with Crippen LogP contribution in [-0.2, 0) is 4.79 Å². The standard InChI is InChI=1S/C14H19N3O/c1-10(11-5-2-3-7-15-11)16-12-9-14(18)17-8-4-6-13(12)17/h2-3,5,7,10,12-13,16H,4,6,8-9H2,1H3. The van der Waals surface area contributed by atoms with Crippen molar-refractivity contribution in [3.8, 4) is 0 Å². The summed E-state index contributed by atoms with van der Waals surface area (Å²) in [5.74, 6) is 0.309. The first-order chi connectivity index (χ1) is 8.75. The molecule has 0 aromatic carbocycles. The zero-order chi connectivity index (χ0) is 12.5. The molecule has 3 rings (SSSR count). The van der Waals surface area contributed by atoms with E-state index < -0.39 is 0 Å². The first-order valence-electron chi connectivity index (χ1n) is 6.72. The van der Waals surface area contributed by atoms with Crippen molar-refractivity contribution in [2.24, 2.45) is 0 Å². The highest BCUT2D eigenvalue weighted by atomic mass is 16.2. The van der Waals surface area contributed by atoms with Crippen molar-refractivity contribution >= 4 is 5.91 Å². The summed E-state index contributed by atoms with van der Waals surface area (Å²) in [6, 6.07) is 6.85. The summed E-state index contributed by atoms with van der Waals surface area (Å²) < 4.78 is 0. The van der Waals surface area contributed by atoms with Crippen LogP contribution in [0.5, 0.6) is 0 Å². The Labute approximate surface area is 107 Å². The van der Waals surface area contributed by atoms with Gasteiger partial charge in [0.2, 0.25) is 5.91 Å². The molecule has 0 radical (unpaired) electrons. The smallest absolute Gasteiger partial charge is 0.224 e. The predicted molar refractivity (Wildman–Crippen MR) is 68.9 cm³/mol. The van der Waals surface area contributed by atoms with Crippen molar-refractivity contribution in [1.82, 2.24) is 15.2 Å². The van der Waals surface area contributed by atoms with Crippen LogP contribution in [0.25, 0.3) is 0 Å². The molecule has 0 spiro atoms. The third kappa shape index (κ3) is 2.01. The number of fused-ring (bicyclic) bond motifs is 1. The van der Waals surface area contributed by atoms with Gasteiger partial charge >= 0.3 is 0 Å². The monoisotopic (exact) mass is 245 g/mol. The molecule has 1 N–H and O–H groups in total. The van der Waals surface area contributed by atoms with Crippen LogP contribution in [0, 0.1) is 0 Å².